The Morgan fingerprint density at radius 2 is 1.82 bits per heavy atom. The molecule has 0 bridgehead atoms. The van der Waals surface area contributed by atoms with Gasteiger partial charge < -0.3 is 4.90 Å². The zero-order chi connectivity index (χ0) is 15.9. The van der Waals surface area contributed by atoms with Crippen LogP contribution in [0.1, 0.15) is 27.5 Å². The summed E-state index contributed by atoms with van der Waals surface area (Å²) in [6.45, 7) is 1.97. The van der Waals surface area contributed by atoms with Crippen molar-refractivity contribution in [3.63, 3.8) is 0 Å². The topological polar surface area (TPSA) is 47.3 Å². The number of carbonyl (C=O) groups is 1. The zero-order valence-corrected chi connectivity index (χ0v) is 12.9. The highest BCUT2D eigenvalue weighted by Gasteiger charge is 2.37. The third-order valence-electron chi connectivity index (χ3n) is 3.98. The van der Waals surface area contributed by atoms with Gasteiger partial charge in [-0.3, -0.25) is 9.69 Å². The van der Waals surface area contributed by atoms with Gasteiger partial charge in [0.25, 0.3) is 5.91 Å². The number of amides is 1. The second kappa shape index (κ2) is 5.19. The summed E-state index contributed by atoms with van der Waals surface area (Å²) < 4.78 is 0. The molecule has 1 heterocycles. The molecule has 2 aromatic carbocycles. The van der Waals surface area contributed by atoms with Gasteiger partial charge in [-0.1, -0.05) is 17.7 Å². The first-order valence-electron chi connectivity index (χ1n) is 7.14. The Morgan fingerprint density at radius 3 is 2.41 bits per heavy atom. The predicted molar refractivity (Wildman–Crippen MR) is 87.1 cm³/mol. The van der Waals surface area contributed by atoms with Crippen LogP contribution in [0.5, 0.6) is 0 Å². The van der Waals surface area contributed by atoms with Gasteiger partial charge in [0.1, 0.15) is 0 Å². The van der Waals surface area contributed by atoms with Crippen LogP contribution in [0.3, 0.4) is 0 Å². The molecule has 0 aliphatic carbocycles. The van der Waals surface area contributed by atoms with E-state index in [0.29, 0.717) is 5.56 Å². The first-order valence-corrected chi connectivity index (χ1v) is 7.14. The smallest absolute Gasteiger partial charge is 0.260 e. The fourth-order valence-electron chi connectivity index (χ4n) is 2.79. The lowest BCUT2D eigenvalue weighted by Gasteiger charge is -2.21. The van der Waals surface area contributed by atoms with Gasteiger partial charge in [-0.15, -0.1) is 0 Å². The fourth-order valence-corrected chi connectivity index (χ4v) is 2.79. The Hall–Kier alpha value is -2.80. The standard InChI is InChI=1S/C18H17N3O/c1-12-4-9-15-16(10-12)17(11-19)21(18(15)22)14-7-5-13(6-8-14)20(2)3/h4-10,17H,1-3H3. The van der Waals surface area contributed by atoms with E-state index in [0.717, 1.165) is 22.5 Å². The summed E-state index contributed by atoms with van der Waals surface area (Å²) in [6.07, 6.45) is 0. The van der Waals surface area contributed by atoms with E-state index in [9.17, 15) is 10.1 Å². The molecule has 3 rings (SSSR count). The molecule has 0 radical (unpaired) electrons. The normalized spacial score (nSPS) is 16.4. The van der Waals surface area contributed by atoms with Crippen molar-refractivity contribution >= 4 is 17.3 Å². The van der Waals surface area contributed by atoms with E-state index in [1.54, 1.807) is 4.90 Å². The van der Waals surface area contributed by atoms with Crippen LogP contribution in [0.15, 0.2) is 42.5 Å². The molecule has 4 nitrogen and oxygen atoms in total. The maximum atomic E-state index is 12.7. The highest BCUT2D eigenvalue weighted by Crippen LogP contribution is 2.37. The average molecular weight is 291 g/mol. The van der Waals surface area contributed by atoms with E-state index in [2.05, 4.69) is 6.07 Å². The lowest BCUT2D eigenvalue weighted by molar-refractivity contribution is 0.0994. The molecule has 0 N–H and O–H groups in total. The van der Waals surface area contributed by atoms with E-state index >= 15 is 0 Å². The van der Waals surface area contributed by atoms with Gasteiger partial charge in [0, 0.05) is 36.6 Å². The molecule has 22 heavy (non-hydrogen) atoms. The second-order valence-corrected chi connectivity index (χ2v) is 5.71. The molecule has 1 aliphatic heterocycles. The number of aryl methyl sites for hydroxylation is 1. The number of fused-ring (bicyclic) bond motifs is 1. The molecule has 1 atom stereocenters. The molecule has 4 heteroatoms. The maximum absolute atomic E-state index is 12.7. The van der Waals surface area contributed by atoms with Gasteiger partial charge in [0.2, 0.25) is 0 Å². The third-order valence-corrected chi connectivity index (χ3v) is 3.98. The molecular formula is C18H17N3O. The van der Waals surface area contributed by atoms with E-state index in [1.807, 2.05) is 68.4 Å². The minimum Gasteiger partial charge on any atom is -0.378 e. The SMILES string of the molecule is Cc1ccc2c(c1)C(C#N)N(c1ccc(N(C)C)cc1)C2=O. The molecule has 0 spiro atoms. The molecule has 2 aromatic rings. The molecule has 1 aliphatic rings. The van der Waals surface area contributed by atoms with Crippen molar-refractivity contribution in [1.29, 1.82) is 5.26 Å². The zero-order valence-electron chi connectivity index (χ0n) is 12.9. The van der Waals surface area contributed by atoms with E-state index in [-0.39, 0.29) is 5.91 Å². The summed E-state index contributed by atoms with van der Waals surface area (Å²) in [7, 11) is 3.93. The number of rotatable bonds is 2. The fraction of sp³-hybridized carbons (Fsp3) is 0.222. The van der Waals surface area contributed by atoms with E-state index in [1.165, 1.54) is 0 Å². The average Bonchev–Trinajstić information content (AvgIpc) is 2.79. The van der Waals surface area contributed by atoms with Crippen molar-refractivity contribution in [2.45, 2.75) is 13.0 Å². The minimum atomic E-state index is -0.562. The van der Waals surface area contributed by atoms with Gasteiger partial charge in [0.15, 0.2) is 6.04 Å². The number of hydrogen-bond donors (Lipinski definition) is 0. The molecule has 110 valence electrons. The first kappa shape index (κ1) is 14.2. The lowest BCUT2D eigenvalue weighted by Crippen LogP contribution is -2.26. The van der Waals surface area contributed by atoms with E-state index in [4.69, 9.17) is 0 Å². The van der Waals surface area contributed by atoms with E-state index < -0.39 is 6.04 Å². The number of nitriles is 1. The van der Waals surface area contributed by atoms with Crippen molar-refractivity contribution in [3.8, 4) is 6.07 Å². The number of nitrogens with zero attached hydrogens (tertiary/aromatic N) is 3. The quantitative estimate of drug-likeness (QED) is 0.853. The Balaban J connectivity index is 2.05. The van der Waals surface area contributed by atoms with Crippen molar-refractivity contribution in [1.82, 2.24) is 0 Å². The Bertz CT molecular complexity index is 772. The molecule has 0 fully saturated rings. The number of carbonyl (C=O) groups excluding carboxylic acids is 1. The Morgan fingerprint density at radius 1 is 1.14 bits per heavy atom. The summed E-state index contributed by atoms with van der Waals surface area (Å²) in [4.78, 5) is 16.2. The van der Waals surface area contributed by atoms with Gasteiger partial charge >= 0.3 is 0 Å². The van der Waals surface area contributed by atoms with Crippen molar-refractivity contribution in [2.75, 3.05) is 23.9 Å². The lowest BCUT2D eigenvalue weighted by atomic mass is 10.0. The van der Waals surface area contributed by atoms with Gasteiger partial charge in [0.05, 0.1) is 6.07 Å². The van der Waals surface area contributed by atoms with Crippen LogP contribution in [0.4, 0.5) is 11.4 Å². The highest BCUT2D eigenvalue weighted by atomic mass is 16.2. The first-order chi connectivity index (χ1) is 10.5. The summed E-state index contributed by atoms with van der Waals surface area (Å²) in [6, 6.07) is 15.0. The monoisotopic (exact) mass is 291 g/mol. The highest BCUT2D eigenvalue weighted by molar-refractivity contribution is 6.11. The molecule has 1 amide bonds. The molecule has 1 unspecified atom stereocenters. The largest absolute Gasteiger partial charge is 0.378 e. The minimum absolute atomic E-state index is 0.112. The second-order valence-electron chi connectivity index (χ2n) is 5.71. The number of hydrogen-bond acceptors (Lipinski definition) is 3. The van der Waals surface area contributed by atoms with Gasteiger partial charge in [-0.2, -0.15) is 5.26 Å². The summed E-state index contributed by atoms with van der Waals surface area (Å²) in [5.74, 6) is -0.112. The predicted octanol–water partition coefficient (Wildman–Crippen LogP) is 3.29. The Kier molecular flexibility index (Phi) is 3.34. The van der Waals surface area contributed by atoms with Crippen LogP contribution in [-0.4, -0.2) is 20.0 Å². The van der Waals surface area contributed by atoms with Crippen LogP contribution < -0.4 is 9.80 Å². The van der Waals surface area contributed by atoms with Crippen LogP contribution in [0.25, 0.3) is 0 Å². The summed E-state index contributed by atoms with van der Waals surface area (Å²) >= 11 is 0. The number of benzene rings is 2. The molecule has 0 aromatic heterocycles. The van der Waals surface area contributed by atoms with Crippen LogP contribution >= 0.6 is 0 Å². The molecule has 0 saturated heterocycles. The van der Waals surface area contributed by atoms with Crippen LogP contribution in [-0.2, 0) is 0 Å². The van der Waals surface area contributed by atoms with Crippen molar-refractivity contribution in [2.24, 2.45) is 0 Å². The summed E-state index contributed by atoms with van der Waals surface area (Å²) in [5.41, 5.74) is 4.27. The van der Waals surface area contributed by atoms with Crippen LogP contribution in [0.2, 0.25) is 0 Å². The summed E-state index contributed by atoms with van der Waals surface area (Å²) in [5, 5.41) is 9.54. The van der Waals surface area contributed by atoms with Crippen molar-refractivity contribution in [3.05, 3.63) is 59.2 Å². The Labute approximate surface area is 130 Å². The van der Waals surface area contributed by atoms with Crippen molar-refractivity contribution < 1.29 is 4.79 Å². The van der Waals surface area contributed by atoms with Gasteiger partial charge in [-0.05, 0) is 37.3 Å². The maximum Gasteiger partial charge on any atom is 0.260 e. The number of anilines is 2. The molecular weight excluding hydrogens is 274 g/mol. The molecule has 0 saturated carbocycles. The van der Waals surface area contributed by atoms with Gasteiger partial charge in [-0.25, -0.2) is 0 Å². The third kappa shape index (κ3) is 2.11. The van der Waals surface area contributed by atoms with Crippen LogP contribution in [0, 0.1) is 18.3 Å².